The number of carbonyl (C=O) groups is 2. The number of thiophene rings is 1. The standard InChI is InChI=1S/C11H7F3N2O3S/c1-2-19-11(18)6(17)8-5(15)3-4(12)9(13)16-10(14)7(3)20-8/h2,15H2,1H3. The van der Waals surface area contributed by atoms with E-state index < -0.39 is 50.1 Å². The van der Waals surface area contributed by atoms with Gasteiger partial charge in [0, 0.05) is 0 Å². The number of hydrogen-bond donors (Lipinski definition) is 1. The van der Waals surface area contributed by atoms with Crippen molar-refractivity contribution in [2.75, 3.05) is 12.3 Å². The first kappa shape index (κ1) is 14.3. The van der Waals surface area contributed by atoms with Gasteiger partial charge in [-0.2, -0.15) is 13.8 Å². The number of rotatable bonds is 3. The molecule has 2 aromatic heterocycles. The maximum absolute atomic E-state index is 13.6. The van der Waals surface area contributed by atoms with Crippen LogP contribution < -0.4 is 5.73 Å². The molecule has 9 heteroatoms. The zero-order valence-electron chi connectivity index (χ0n) is 10.00. The van der Waals surface area contributed by atoms with Gasteiger partial charge in [0.25, 0.3) is 11.7 Å². The first-order valence-corrected chi connectivity index (χ1v) is 6.14. The van der Waals surface area contributed by atoms with Crippen molar-refractivity contribution in [2.24, 2.45) is 0 Å². The first-order chi connectivity index (χ1) is 9.38. The number of fused-ring (bicyclic) bond motifs is 1. The summed E-state index contributed by atoms with van der Waals surface area (Å²) in [6, 6.07) is 0. The molecule has 0 saturated heterocycles. The van der Waals surface area contributed by atoms with Crippen LogP contribution in [0.1, 0.15) is 16.6 Å². The zero-order valence-corrected chi connectivity index (χ0v) is 10.8. The smallest absolute Gasteiger partial charge is 0.380 e. The number of nitrogens with two attached hydrogens (primary N) is 1. The second-order valence-corrected chi connectivity index (χ2v) is 4.63. The van der Waals surface area contributed by atoms with E-state index in [9.17, 15) is 22.8 Å². The fourth-order valence-corrected chi connectivity index (χ4v) is 2.58. The van der Waals surface area contributed by atoms with Gasteiger partial charge in [0.05, 0.1) is 22.4 Å². The van der Waals surface area contributed by atoms with Crippen LogP contribution in [0, 0.1) is 17.7 Å². The van der Waals surface area contributed by atoms with Crippen LogP contribution in [0.3, 0.4) is 0 Å². The van der Waals surface area contributed by atoms with E-state index in [2.05, 4.69) is 9.72 Å². The van der Waals surface area contributed by atoms with Gasteiger partial charge in [-0.05, 0) is 6.92 Å². The summed E-state index contributed by atoms with van der Waals surface area (Å²) in [5, 5.41) is -0.604. The number of anilines is 1. The van der Waals surface area contributed by atoms with Crippen LogP contribution in [-0.2, 0) is 9.53 Å². The van der Waals surface area contributed by atoms with Gasteiger partial charge in [0.1, 0.15) is 4.88 Å². The van der Waals surface area contributed by atoms with Gasteiger partial charge >= 0.3 is 5.97 Å². The Kier molecular flexibility index (Phi) is 3.62. The summed E-state index contributed by atoms with van der Waals surface area (Å²) in [7, 11) is 0. The Morgan fingerprint density at radius 3 is 2.55 bits per heavy atom. The third-order valence-corrected chi connectivity index (χ3v) is 3.58. The molecular weight excluding hydrogens is 297 g/mol. The van der Waals surface area contributed by atoms with Crippen LogP contribution in [0.15, 0.2) is 0 Å². The summed E-state index contributed by atoms with van der Waals surface area (Å²) in [6.07, 6.45) is 0. The van der Waals surface area contributed by atoms with Crippen molar-refractivity contribution in [3.8, 4) is 0 Å². The molecule has 20 heavy (non-hydrogen) atoms. The second kappa shape index (κ2) is 5.08. The molecule has 2 rings (SSSR count). The Labute approximate surface area is 114 Å². The minimum absolute atomic E-state index is 0.0473. The molecule has 0 aromatic carbocycles. The molecule has 0 amide bonds. The van der Waals surface area contributed by atoms with Crippen molar-refractivity contribution < 1.29 is 27.5 Å². The van der Waals surface area contributed by atoms with E-state index in [0.29, 0.717) is 11.3 Å². The van der Waals surface area contributed by atoms with Gasteiger partial charge in [0.2, 0.25) is 5.95 Å². The van der Waals surface area contributed by atoms with Crippen molar-refractivity contribution in [2.45, 2.75) is 6.92 Å². The predicted molar refractivity (Wildman–Crippen MR) is 64.9 cm³/mol. The molecular formula is C11H7F3N2O3S. The zero-order chi connectivity index (χ0) is 15.0. The number of nitrogens with zero attached hydrogens (tertiary/aromatic N) is 1. The topological polar surface area (TPSA) is 82.3 Å². The molecule has 106 valence electrons. The quantitative estimate of drug-likeness (QED) is 0.406. The van der Waals surface area contributed by atoms with E-state index in [1.807, 2.05) is 0 Å². The summed E-state index contributed by atoms with van der Waals surface area (Å²) >= 11 is 0.416. The largest absolute Gasteiger partial charge is 0.460 e. The second-order valence-electron chi connectivity index (χ2n) is 3.61. The molecule has 2 aromatic rings. The average molecular weight is 304 g/mol. The highest BCUT2D eigenvalue weighted by molar-refractivity contribution is 7.22. The highest BCUT2D eigenvalue weighted by atomic mass is 32.1. The number of hydrogen-bond acceptors (Lipinski definition) is 6. The molecule has 0 atom stereocenters. The van der Waals surface area contributed by atoms with Gasteiger partial charge in [-0.15, -0.1) is 11.3 Å². The molecule has 0 aliphatic heterocycles. The van der Waals surface area contributed by atoms with Crippen LogP contribution in [0.4, 0.5) is 18.9 Å². The van der Waals surface area contributed by atoms with Gasteiger partial charge in [-0.1, -0.05) is 0 Å². The number of aromatic nitrogens is 1. The van der Waals surface area contributed by atoms with Crippen molar-refractivity contribution in [3.05, 3.63) is 22.6 Å². The van der Waals surface area contributed by atoms with Gasteiger partial charge in [0.15, 0.2) is 5.82 Å². The predicted octanol–water partition coefficient (Wildman–Crippen LogP) is 2.04. The van der Waals surface area contributed by atoms with E-state index >= 15 is 0 Å². The minimum Gasteiger partial charge on any atom is -0.460 e. The molecule has 0 aliphatic rings. The first-order valence-electron chi connectivity index (χ1n) is 5.32. The van der Waals surface area contributed by atoms with Gasteiger partial charge in [-0.3, -0.25) is 4.79 Å². The summed E-state index contributed by atoms with van der Waals surface area (Å²) in [5.74, 6) is -6.81. The minimum atomic E-state index is -1.67. The Bertz CT molecular complexity index is 730. The Morgan fingerprint density at radius 2 is 1.95 bits per heavy atom. The maximum Gasteiger partial charge on any atom is 0.380 e. The summed E-state index contributed by atoms with van der Waals surface area (Å²) in [6.45, 7) is 1.44. The van der Waals surface area contributed by atoms with E-state index in [1.54, 1.807) is 0 Å². The van der Waals surface area contributed by atoms with E-state index in [-0.39, 0.29) is 6.61 Å². The third-order valence-electron chi connectivity index (χ3n) is 2.40. The molecule has 0 saturated carbocycles. The Hall–Kier alpha value is -2.16. The lowest BCUT2D eigenvalue weighted by molar-refractivity contribution is -0.137. The molecule has 5 nitrogen and oxygen atoms in total. The van der Waals surface area contributed by atoms with Crippen molar-refractivity contribution >= 4 is 38.9 Å². The monoisotopic (exact) mass is 304 g/mol. The Morgan fingerprint density at radius 1 is 1.30 bits per heavy atom. The van der Waals surface area contributed by atoms with Crippen molar-refractivity contribution in [3.63, 3.8) is 0 Å². The SMILES string of the molecule is CCOC(=O)C(=O)c1sc2c(F)nc(F)c(F)c2c1N. The lowest BCUT2D eigenvalue weighted by atomic mass is 10.2. The van der Waals surface area contributed by atoms with Crippen LogP contribution in [0.2, 0.25) is 0 Å². The van der Waals surface area contributed by atoms with Gasteiger partial charge in [-0.25, -0.2) is 9.18 Å². The van der Waals surface area contributed by atoms with Gasteiger partial charge < -0.3 is 10.5 Å². The molecule has 2 N–H and O–H groups in total. The molecule has 0 bridgehead atoms. The Balaban J connectivity index is 2.66. The molecule has 2 heterocycles. The summed E-state index contributed by atoms with van der Waals surface area (Å²) < 4.78 is 44.1. The number of nitrogen functional groups attached to an aromatic ring is 1. The number of Topliss-reactive ketones (excluding diaryl/α,β-unsaturated/α-hetero) is 1. The van der Waals surface area contributed by atoms with Crippen LogP contribution in [-0.4, -0.2) is 23.3 Å². The van der Waals surface area contributed by atoms with Crippen molar-refractivity contribution in [1.82, 2.24) is 4.98 Å². The molecule has 0 aliphatic carbocycles. The number of halogens is 3. The van der Waals surface area contributed by atoms with Crippen LogP contribution in [0.5, 0.6) is 0 Å². The number of pyridine rings is 1. The molecule has 0 radical (unpaired) electrons. The normalized spacial score (nSPS) is 10.8. The summed E-state index contributed by atoms with van der Waals surface area (Å²) in [4.78, 5) is 25.3. The summed E-state index contributed by atoms with van der Waals surface area (Å²) in [5.41, 5.74) is 4.98. The number of ketones is 1. The lowest BCUT2D eigenvalue weighted by Crippen LogP contribution is -2.17. The molecule has 0 unspecified atom stereocenters. The lowest BCUT2D eigenvalue weighted by Gasteiger charge is -1.99. The van der Waals surface area contributed by atoms with Crippen LogP contribution >= 0.6 is 11.3 Å². The van der Waals surface area contributed by atoms with E-state index in [4.69, 9.17) is 5.73 Å². The van der Waals surface area contributed by atoms with E-state index in [0.717, 1.165) is 0 Å². The number of ether oxygens (including phenoxy) is 1. The fraction of sp³-hybridized carbons (Fsp3) is 0.182. The van der Waals surface area contributed by atoms with E-state index in [1.165, 1.54) is 6.92 Å². The number of esters is 1. The molecule has 0 fully saturated rings. The average Bonchev–Trinajstić information content (AvgIpc) is 2.74. The van der Waals surface area contributed by atoms with Crippen LogP contribution in [0.25, 0.3) is 10.1 Å². The maximum atomic E-state index is 13.6. The third kappa shape index (κ3) is 2.09. The highest BCUT2D eigenvalue weighted by Crippen LogP contribution is 2.37. The van der Waals surface area contributed by atoms with Crippen molar-refractivity contribution in [1.29, 1.82) is 0 Å². The fourth-order valence-electron chi connectivity index (χ4n) is 1.55. The molecule has 0 spiro atoms. The highest BCUT2D eigenvalue weighted by Gasteiger charge is 2.28. The number of carbonyl (C=O) groups excluding carboxylic acids is 2.